The Labute approximate surface area is 114 Å². The number of benzene rings is 1. The van der Waals surface area contributed by atoms with Crippen molar-refractivity contribution in [2.45, 2.75) is 0 Å². The summed E-state index contributed by atoms with van der Waals surface area (Å²) in [4.78, 5) is 11.7. The standard InChI is InChI=1S/C11H10Cl2N4O/c1-17-10(13)6-9(16-17)11(18)15-14-8-4-2-7(12)3-5-8/h2-6,14H,1H3,(H,15,18). The van der Waals surface area contributed by atoms with Gasteiger partial charge < -0.3 is 0 Å². The Hall–Kier alpha value is -1.72. The van der Waals surface area contributed by atoms with Gasteiger partial charge in [-0.2, -0.15) is 5.10 Å². The minimum atomic E-state index is -0.368. The Morgan fingerprint density at radius 3 is 2.50 bits per heavy atom. The summed E-state index contributed by atoms with van der Waals surface area (Å²) < 4.78 is 1.42. The number of hydrogen-bond acceptors (Lipinski definition) is 3. The Morgan fingerprint density at radius 1 is 1.28 bits per heavy atom. The molecule has 0 radical (unpaired) electrons. The van der Waals surface area contributed by atoms with Gasteiger partial charge in [-0.1, -0.05) is 23.2 Å². The lowest BCUT2D eigenvalue weighted by molar-refractivity contribution is 0.0957. The molecule has 0 fully saturated rings. The summed E-state index contributed by atoms with van der Waals surface area (Å²) >= 11 is 11.5. The molecular weight excluding hydrogens is 275 g/mol. The summed E-state index contributed by atoms with van der Waals surface area (Å²) in [6.07, 6.45) is 0. The van der Waals surface area contributed by atoms with Crippen LogP contribution in [0.3, 0.4) is 0 Å². The van der Waals surface area contributed by atoms with Crippen molar-refractivity contribution in [3.8, 4) is 0 Å². The molecule has 0 spiro atoms. The number of aromatic nitrogens is 2. The molecule has 2 N–H and O–H groups in total. The molecule has 2 aromatic rings. The van der Waals surface area contributed by atoms with Crippen LogP contribution >= 0.6 is 23.2 Å². The molecule has 0 aliphatic heterocycles. The van der Waals surface area contributed by atoms with Gasteiger partial charge in [0.25, 0.3) is 5.91 Å². The van der Waals surface area contributed by atoms with E-state index in [-0.39, 0.29) is 11.6 Å². The molecule has 0 bridgehead atoms. The number of amides is 1. The molecule has 2 rings (SSSR count). The molecule has 7 heteroatoms. The number of rotatable bonds is 3. The molecule has 1 aromatic heterocycles. The first-order valence-electron chi connectivity index (χ1n) is 5.08. The van der Waals surface area contributed by atoms with E-state index >= 15 is 0 Å². The van der Waals surface area contributed by atoms with E-state index in [1.807, 2.05) is 0 Å². The third-order valence-electron chi connectivity index (χ3n) is 2.22. The highest BCUT2D eigenvalue weighted by atomic mass is 35.5. The molecule has 1 aromatic carbocycles. The summed E-state index contributed by atoms with van der Waals surface area (Å²) in [6, 6.07) is 8.41. The third kappa shape index (κ3) is 2.94. The van der Waals surface area contributed by atoms with Crippen molar-refractivity contribution in [2.75, 3.05) is 5.43 Å². The fourth-order valence-electron chi connectivity index (χ4n) is 1.28. The molecule has 0 saturated heterocycles. The zero-order valence-electron chi connectivity index (χ0n) is 9.45. The van der Waals surface area contributed by atoms with Crippen molar-refractivity contribution in [1.29, 1.82) is 0 Å². The summed E-state index contributed by atoms with van der Waals surface area (Å²) in [7, 11) is 1.66. The summed E-state index contributed by atoms with van der Waals surface area (Å²) in [5, 5.41) is 4.97. The largest absolute Gasteiger partial charge is 0.298 e. The van der Waals surface area contributed by atoms with E-state index in [9.17, 15) is 4.79 Å². The predicted molar refractivity (Wildman–Crippen MR) is 70.8 cm³/mol. The van der Waals surface area contributed by atoms with Gasteiger partial charge in [0.2, 0.25) is 0 Å². The van der Waals surface area contributed by atoms with Crippen molar-refractivity contribution in [3.63, 3.8) is 0 Å². The van der Waals surface area contributed by atoms with Gasteiger partial charge in [-0.15, -0.1) is 0 Å². The zero-order chi connectivity index (χ0) is 13.1. The maximum atomic E-state index is 11.7. The highest BCUT2D eigenvalue weighted by Crippen LogP contribution is 2.13. The minimum absolute atomic E-state index is 0.240. The van der Waals surface area contributed by atoms with Crippen LogP contribution in [0.4, 0.5) is 5.69 Å². The van der Waals surface area contributed by atoms with Crippen LogP contribution in [-0.4, -0.2) is 15.7 Å². The fourth-order valence-corrected chi connectivity index (χ4v) is 1.55. The van der Waals surface area contributed by atoms with Crippen molar-refractivity contribution in [2.24, 2.45) is 7.05 Å². The van der Waals surface area contributed by atoms with E-state index in [1.165, 1.54) is 10.7 Å². The normalized spacial score (nSPS) is 10.2. The molecule has 0 aliphatic rings. The number of hydrazine groups is 1. The van der Waals surface area contributed by atoms with Gasteiger partial charge in [0.15, 0.2) is 5.69 Å². The second-order valence-electron chi connectivity index (χ2n) is 3.56. The van der Waals surface area contributed by atoms with Gasteiger partial charge in [-0.3, -0.25) is 20.3 Å². The number of carbonyl (C=O) groups excluding carboxylic acids is 1. The molecule has 0 unspecified atom stereocenters. The monoisotopic (exact) mass is 284 g/mol. The molecule has 1 amide bonds. The van der Waals surface area contributed by atoms with Crippen molar-refractivity contribution in [3.05, 3.63) is 46.2 Å². The molecular formula is C11H10Cl2N4O. The van der Waals surface area contributed by atoms with Gasteiger partial charge in [-0.05, 0) is 24.3 Å². The van der Waals surface area contributed by atoms with Crippen LogP contribution in [0.15, 0.2) is 30.3 Å². The van der Waals surface area contributed by atoms with Crippen LogP contribution < -0.4 is 10.9 Å². The number of anilines is 1. The third-order valence-corrected chi connectivity index (χ3v) is 2.83. The summed E-state index contributed by atoms with van der Waals surface area (Å²) in [5.74, 6) is -0.368. The van der Waals surface area contributed by atoms with Gasteiger partial charge in [0.05, 0.1) is 5.69 Å². The van der Waals surface area contributed by atoms with E-state index in [1.54, 1.807) is 31.3 Å². The Bertz CT molecular complexity index is 545. The SMILES string of the molecule is Cn1nc(C(=O)NNc2ccc(Cl)cc2)cc1Cl. The molecule has 18 heavy (non-hydrogen) atoms. The first-order valence-corrected chi connectivity index (χ1v) is 5.83. The maximum Gasteiger partial charge on any atom is 0.290 e. The highest BCUT2D eigenvalue weighted by Gasteiger charge is 2.11. The van der Waals surface area contributed by atoms with E-state index in [0.717, 1.165) is 5.69 Å². The van der Waals surface area contributed by atoms with Crippen LogP contribution in [0.2, 0.25) is 10.2 Å². The lowest BCUT2D eigenvalue weighted by atomic mass is 10.3. The van der Waals surface area contributed by atoms with Gasteiger partial charge in [0.1, 0.15) is 5.15 Å². The van der Waals surface area contributed by atoms with Crippen LogP contribution in [0.1, 0.15) is 10.5 Å². The lowest BCUT2D eigenvalue weighted by Crippen LogP contribution is -2.29. The number of nitrogens with zero attached hydrogens (tertiary/aromatic N) is 2. The van der Waals surface area contributed by atoms with Gasteiger partial charge >= 0.3 is 0 Å². The Morgan fingerprint density at radius 2 is 1.94 bits per heavy atom. The molecule has 0 aliphatic carbocycles. The molecule has 0 atom stereocenters. The van der Waals surface area contributed by atoms with E-state index in [0.29, 0.717) is 10.2 Å². The summed E-state index contributed by atoms with van der Waals surface area (Å²) in [6.45, 7) is 0. The Kier molecular flexibility index (Phi) is 3.74. The Balaban J connectivity index is 1.98. The van der Waals surface area contributed by atoms with Crippen LogP contribution in [0.5, 0.6) is 0 Å². The van der Waals surface area contributed by atoms with Crippen LogP contribution in [0, 0.1) is 0 Å². The number of hydrogen-bond donors (Lipinski definition) is 2. The van der Waals surface area contributed by atoms with Crippen molar-refractivity contribution < 1.29 is 4.79 Å². The molecule has 1 heterocycles. The smallest absolute Gasteiger partial charge is 0.290 e. The molecule has 5 nitrogen and oxygen atoms in total. The lowest BCUT2D eigenvalue weighted by Gasteiger charge is -2.06. The highest BCUT2D eigenvalue weighted by molar-refractivity contribution is 6.30. The number of carbonyl (C=O) groups is 1. The quantitative estimate of drug-likeness (QED) is 0.852. The van der Waals surface area contributed by atoms with E-state index < -0.39 is 0 Å². The zero-order valence-corrected chi connectivity index (χ0v) is 11.0. The second-order valence-corrected chi connectivity index (χ2v) is 4.39. The number of halogens is 2. The van der Waals surface area contributed by atoms with Crippen LogP contribution in [-0.2, 0) is 7.05 Å². The number of aryl methyl sites for hydroxylation is 1. The average Bonchev–Trinajstić information content (AvgIpc) is 2.69. The molecule has 94 valence electrons. The van der Waals surface area contributed by atoms with Crippen molar-refractivity contribution >= 4 is 34.8 Å². The van der Waals surface area contributed by atoms with Gasteiger partial charge in [-0.25, -0.2) is 0 Å². The number of nitrogens with one attached hydrogen (secondary N) is 2. The second kappa shape index (κ2) is 5.29. The first kappa shape index (κ1) is 12.7. The minimum Gasteiger partial charge on any atom is -0.298 e. The topological polar surface area (TPSA) is 59.0 Å². The molecule has 0 saturated carbocycles. The average molecular weight is 285 g/mol. The predicted octanol–water partition coefficient (Wildman–Crippen LogP) is 2.48. The first-order chi connectivity index (χ1) is 8.56. The summed E-state index contributed by atoms with van der Waals surface area (Å²) in [5.41, 5.74) is 6.21. The van der Waals surface area contributed by atoms with E-state index in [2.05, 4.69) is 16.0 Å². The van der Waals surface area contributed by atoms with Gasteiger partial charge in [0, 0.05) is 18.1 Å². The van der Waals surface area contributed by atoms with E-state index in [4.69, 9.17) is 23.2 Å². The maximum absolute atomic E-state index is 11.7. The van der Waals surface area contributed by atoms with Crippen molar-refractivity contribution in [1.82, 2.24) is 15.2 Å². The fraction of sp³-hybridized carbons (Fsp3) is 0.0909. The van der Waals surface area contributed by atoms with Crippen LogP contribution in [0.25, 0.3) is 0 Å².